The zero-order chi connectivity index (χ0) is 18.3. The quantitative estimate of drug-likeness (QED) is 0.752. The molecular weight excluding hydrogens is 328 g/mol. The summed E-state index contributed by atoms with van der Waals surface area (Å²) in [5.74, 6) is 2.17. The molecule has 0 spiro atoms. The van der Waals surface area contributed by atoms with Crippen molar-refractivity contribution in [2.24, 2.45) is 0 Å². The molecule has 0 aromatic carbocycles. The van der Waals surface area contributed by atoms with Gasteiger partial charge in [0.15, 0.2) is 0 Å². The van der Waals surface area contributed by atoms with Gasteiger partial charge in [0.2, 0.25) is 5.88 Å². The summed E-state index contributed by atoms with van der Waals surface area (Å²) in [4.78, 5) is 17.3. The number of aromatic nitrogens is 1. The van der Waals surface area contributed by atoms with E-state index in [-0.39, 0.29) is 6.04 Å². The van der Waals surface area contributed by atoms with Crippen molar-refractivity contribution in [2.75, 3.05) is 20.0 Å². The first-order valence-electron chi connectivity index (χ1n) is 7.94. The number of nitrogens with zero attached hydrogens (tertiary/aromatic N) is 1. The highest BCUT2D eigenvalue weighted by Gasteiger charge is 2.20. The smallest absolute Gasteiger partial charge is 0.407 e. The van der Waals surface area contributed by atoms with Gasteiger partial charge in [0.25, 0.3) is 0 Å². The molecule has 136 valence electrons. The Bertz CT molecular complexity index is 558. The lowest BCUT2D eigenvalue weighted by molar-refractivity contribution is 0.0508. The minimum absolute atomic E-state index is 0.157. The predicted molar refractivity (Wildman–Crippen MR) is 96.3 cm³/mol. The Morgan fingerprint density at radius 3 is 2.50 bits per heavy atom. The molecule has 0 aliphatic heterocycles. The Labute approximate surface area is 148 Å². The van der Waals surface area contributed by atoms with Crippen molar-refractivity contribution in [3.05, 3.63) is 11.8 Å². The molecule has 1 N–H and O–H groups in total. The van der Waals surface area contributed by atoms with Gasteiger partial charge in [0, 0.05) is 18.5 Å². The predicted octanol–water partition coefficient (Wildman–Crippen LogP) is 3.67. The van der Waals surface area contributed by atoms with Crippen LogP contribution in [0.15, 0.2) is 11.0 Å². The van der Waals surface area contributed by atoms with Crippen LogP contribution in [-0.4, -0.2) is 42.7 Å². The Morgan fingerprint density at radius 2 is 2.00 bits per heavy atom. The van der Waals surface area contributed by atoms with E-state index in [1.54, 1.807) is 26.0 Å². The lowest BCUT2D eigenvalue weighted by Crippen LogP contribution is -2.38. The first kappa shape index (κ1) is 20.4. The Kier molecular flexibility index (Phi) is 7.66. The van der Waals surface area contributed by atoms with Crippen molar-refractivity contribution < 1.29 is 19.0 Å². The lowest BCUT2D eigenvalue weighted by Gasteiger charge is -2.22. The van der Waals surface area contributed by atoms with E-state index < -0.39 is 11.7 Å². The molecule has 0 bridgehead atoms. The number of amides is 1. The molecule has 1 aromatic heterocycles. The summed E-state index contributed by atoms with van der Waals surface area (Å²) in [7, 11) is 3.21. The van der Waals surface area contributed by atoms with Crippen LogP contribution < -0.4 is 14.8 Å². The molecule has 7 heteroatoms. The molecule has 24 heavy (non-hydrogen) atoms. The molecule has 1 rings (SSSR count). The molecule has 1 unspecified atom stereocenters. The molecule has 0 saturated carbocycles. The van der Waals surface area contributed by atoms with Gasteiger partial charge in [0.1, 0.15) is 11.4 Å². The lowest BCUT2D eigenvalue weighted by atomic mass is 10.1. The molecular formula is C17H28N2O4S. The van der Waals surface area contributed by atoms with Crippen LogP contribution in [0.3, 0.4) is 0 Å². The number of pyridine rings is 1. The van der Waals surface area contributed by atoms with Crippen LogP contribution in [0.5, 0.6) is 11.6 Å². The first-order chi connectivity index (χ1) is 11.2. The molecule has 1 amide bonds. The van der Waals surface area contributed by atoms with Gasteiger partial charge in [-0.2, -0.15) is 0 Å². The summed E-state index contributed by atoms with van der Waals surface area (Å²) in [6.45, 7) is 9.45. The largest absolute Gasteiger partial charge is 0.495 e. The maximum atomic E-state index is 11.9. The van der Waals surface area contributed by atoms with E-state index in [1.165, 1.54) is 0 Å². The second-order valence-electron chi connectivity index (χ2n) is 6.33. The highest BCUT2D eigenvalue weighted by molar-refractivity contribution is 7.99. The van der Waals surface area contributed by atoms with Gasteiger partial charge in [-0.15, -0.1) is 11.8 Å². The highest BCUT2D eigenvalue weighted by Crippen LogP contribution is 2.33. The summed E-state index contributed by atoms with van der Waals surface area (Å²) in [6.07, 6.45) is 0.0645. The number of rotatable bonds is 7. The van der Waals surface area contributed by atoms with Gasteiger partial charge in [-0.25, -0.2) is 9.78 Å². The van der Waals surface area contributed by atoms with Crippen LogP contribution in [0.25, 0.3) is 0 Å². The molecule has 0 fully saturated rings. The third kappa shape index (κ3) is 6.47. The molecule has 6 nitrogen and oxygen atoms in total. The van der Waals surface area contributed by atoms with Crippen LogP contribution in [0.4, 0.5) is 4.79 Å². The minimum Gasteiger partial charge on any atom is -0.495 e. The van der Waals surface area contributed by atoms with Crippen molar-refractivity contribution in [2.45, 2.75) is 57.6 Å². The van der Waals surface area contributed by atoms with Gasteiger partial charge in [-0.1, -0.05) is 6.92 Å². The van der Waals surface area contributed by atoms with E-state index in [0.717, 1.165) is 16.3 Å². The van der Waals surface area contributed by atoms with Crippen LogP contribution in [0.2, 0.25) is 0 Å². The fourth-order valence-corrected chi connectivity index (χ4v) is 2.83. The van der Waals surface area contributed by atoms with E-state index in [0.29, 0.717) is 18.1 Å². The minimum atomic E-state index is -0.526. The van der Waals surface area contributed by atoms with E-state index in [9.17, 15) is 4.79 Å². The second kappa shape index (κ2) is 9.01. The Hall–Kier alpha value is -1.63. The van der Waals surface area contributed by atoms with Crippen molar-refractivity contribution in [3.8, 4) is 11.6 Å². The number of thioether (sulfide) groups is 1. The van der Waals surface area contributed by atoms with Gasteiger partial charge in [-0.3, -0.25) is 0 Å². The number of hydrogen-bond donors (Lipinski definition) is 1. The average Bonchev–Trinajstić information content (AvgIpc) is 2.46. The van der Waals surface area contributed by atoms with E-state index in [4.69, 9.17) is 14.2 Å². The third-order valence-corrected chi connectivity index (χ3v) is 3.86. The van der Waals surface area contributed by atoms with Gasteiger partial charge < -0.3 is 19.5 Å². The molecule has 1 aromatic rings. The molecule has 0 saturated heterocycles. The second-order valence-corrected chi connectivity index (χ2v) is 7.64. The van der Waals surface area contributed by atoms with E-state index in [2.05, 4.69) is 17.2 Å². The SMILES string of the molecule is CCSc1cc(OC)c(CC(C)NC(=O)OC(C)(C)C)nc1OC. The number of carbonyl (C=O) groups excluding carboxylic acids is 1. The number of methoxy groups -OCH3 is 2. The standard InChI is InChI=1S/C17H28N2O4S/c1-8-24-14-10-13(21-6)12(19-15(14)22-7)9-11(2)18-16(20)23-17(3,4)5/h10-11H,8-9H2,1-7H3,(H,18,20). The highest BCUT2D eigenvalue weighted by atomic mass is 32.2. The fraction of sp³-hybridized carbons (Fsp3) is 0.647. The number of nitrogens with one attached hydrogen (secondary N) is 1. The molecule has 0 radical (unpaired) electrons. The van der Waals surface area contributed by atoms with Crippen LogP contribution in [-0.2, 0) is 11.2 Å². The summed E-state index contributed by atoms with van der Waals surface area (Å²) < 4.78 is 16.1. The van der Waals surface area contributed by atoms with Crippen LogP contribution >= 0.6 is 11.8 Å². The summed E-state index contributed by atoms with van der Waals surface area (Å²) in [5, 5.41) is 2.81. The molecule has 0 aliphatic carbocycles. The Balaban J connectivity index is 2.87. The van der Waals surface area contributed by atoms with Gasteiger partial charge in [-0.05, 0) is 33.4 Å². The maximum Gasteiger partial charge on any atom is 0.407 e. The van der Waals surface area contributed by atoms with E-state index >= 15 is 0 Å². The van der Waals surface area contributed by atoms with Crippen molar-refractivity contribution in [1.29, 1.82) is 0 Å². The third-order valence-electron chi connectivity index (χ3n) is 2.97. The zero-order valence-corrected chi connectivity index (χ0v) is 16.4. The number of ether oxygens (including phenoxy) is 3. The average molecular weight is 356 g/mol. The number of hydrogen-bond acceptors (Lipinski definition) is 6. The summed E-state index contributed by atoms with van der Waals surface area (Å²) in [6, 6.07) is 1.77. The van der Waals surface area contributed by atoms with Gasteiger partial charge in [0.05, 0.1) is 24.8 Å². The van der Waals surface area contributed by atoms with Crippen molar-refractivity contribution in [3.63, 3.8) is 0 Å². The normalized spacial score (nSPS) is 12.5. The zero-order valence-electron chi connectivity index (χ0n) is 15.6. The van der Waals surface area contributed by atoms with Gasteiger partial charge >= 0.3 is 6.09 Å². The summed E-state index contributed by atoms with van der Waals surface area (Å²) in [5.41, 5.74) is 0.209. The molecule has 1 heterocycles. The monoisotopic (exact) mass is 356 g/mol. The van der Waals surface area contributed by atoms with Crippen molar-refractivity contribution in [1.82, 2.24) is 10.3 Å². The van der Waals surface area contributed by atoms with Crippen LogP contribution in [0, 0.1) is 0 Å². The Morgan fingerprint density at radius 1 is 1.33 bits per heavy atom. The number of carbonyl (C=O) groups is 1. The van der Waals surface area contributed by atoms with E-state index in [1.807, 2.05) is 33.8 Å². The topological polar surface area (TPSA) is 69.7 Å². The maximum absolute atomic E-state index is 11.9. The van der Waals surface area contributed by atoms with Crippen molar-refractivity contribution >= 4 is 17.9 Å². The number of alkyl carbamates (subject to hydrolysis) is 1. The first-order valence-corrected chi connectivity index (χ1v) is 8.93. The summed E-state index contributed by atoms with van der Waals surface area (Å²) >= 11 is 1.64. The van der Waals surface area contributed by atoms with Crippen LogP contribution in [0.1, 0.15) is 40.3 Å². The molecule has 1 atom stereocenters. The fourth-order valence-electron chi connectivity index (χ4n) is 2.07. The molecule has 0 aliphatic rings.